The molecule has 0 amide bonds. The van der Waals surface area contributed by atoms with Gasteiger partial charge in [-0.2, -0.15) is 0 Å². The first-order valence-electron chi connectivity index (χ1n) is 7.81. The molecule has 2 unspecified atom stereocenters. The summed E-state index contributed by atoms with van der Waals surface area (Å²) in [5.41, 5.74) is 0.335. The van der Waals surface area contributed by atoms with Gasteiger partial charge in [0, 0.05) is 5.56 Å². The molecular formula is C17H24O4. The number of hydrogen-bond acceptors (Lipinski definition) is 4. The van der Waals surface area contributed by atoms with Gasteiger partial charge in [-0.05, 0) is 44.2 Å². The van der Waals surface area contributed by atoms with E-state index in [1.165, 1.54) is 0 Å². The number of rotatable bonds is 2. The zero-order valence-electron chi connectivity index (χ0n) is 12.9. The maximum Gasteiger partial charge on any atom is 0.165 e. The number of phenols is 1. The number of aryl methyl sites for hydroxylation is 1. The summed E-state index contributed by atoms with van der Waals surface area (Å²) in [7, 11) is 0. The molecule has 4 atom stereocenters. The van der Waals surface area contributed by atoms with Crippen LogP contribution in [0.3, 0.4) is 0 Å². The molecule has 4 heteroatoms. The van der Waals surface area contributed by atoms with Crippen molar-refractivity contribution in [3.8, 4) is 11.5 Å². The molecule has 1 aromatic rings. The molecule has 0 radical (unpaired) electrons. The Labute approximate surface area is 125 Å². The second-order valence-corrected chi connectivity index (χ2v) is 6.54. The third-order valence-electron chi connectivity index (χ3n) is 5.58. The van der Waals surface area contributed by atoms with Crippen LogP contribution in [0.15, 0.2) is 12.1 Å². The van der Waals surface area contributed by atoms with Crippen molar-refractivity contribution in [3.05, 3.63) is 23.3 Å². The number of benzene rings is 1. The van der Waals surface area contributed by atoms with Crippen molar-refractivity contribution in [3.63, 3.8) is 0 Å². The molecule has 0 aromatic heterocycles. The van der Waals surface area contributed by atoms with Crippen LogP contribution in [0.4, 0.5) is 0 Å². The van der Waals surface area contributed by atoms with Gasteiger partial charge in [-0.25, -0.2) is 0 Å². The van der Waals surface area contributed by atoms with E-state index in [2.05, 4.69) is 6.92 Å². The van der Waals surface area contributed by atoms with E-state index in [1.54, 1.807) is 6.07 Å². The zero-order valence-corrected chi connectivity index (χ0v) is 12.9. The number of fused-ring (bicyclic) bond motifs is 3. The van der Waals surface area contributed by atoms with Crippen LogP contribution in [0.2, 0.25) is 0 Å². The fourth-order valence-electron chi connectivity index (χ4n) is 4.43. The Kier molecular flexibility index (Phi) is 3.22. The van der Waals surface area contributed by atoms with Crippen molar-refractivity contribution in [2.24, 2.45) is 0 Å². The Morgan fingerprint density at radius 1 is 1.33 bits per heavy atom. The maximum atomic E-state index is 11.1. The third-order valence-corrected chi connectivity index (χ3v) is 5.58. The van der Waals surface area contributed by atoms with Gasteiger partial charge in [0.25, 0.3) is 0 Å². The second kappa shape index (κ2) is 4.62. The fourth-order valence-corrected chi connectivity index (χ4v) is 4.43. The quantitative estimate of drug-likeness (QED) is 0.782. The Bertz CT molecular complexity index is 566. The standard InChI is InChI=1S/C17H24O4/c1-4-10-6-7-11(18)14-13(10)17(5-2)15(21-14)12(19)8-9-16(17,3)20/h6-7,12,15,18-20H,4-5,8-9H2,1-3H3/t12?,15-,16?,17-/m0/s1. The van der Waals surface area contributed by atoms with Crippen LogP contribution in [-0.2, 0) is 11.8 Å². The van der Waals surface area contributed by atoms with Crippen LogP contribution in [0.1, 0.15) is 51.2 Å². The molecule has 0 spiro atoms. The van der Waals surface area contributed by atoms with Gasteiger partial charge < -0.3 is 20.1 Å². The largest absolute Gasteiger partial charge is 0.504 e. The van der Waals surface area contributed by atoms with Crippen LogP contribution in [0.5, 0.6) is 11.5 Å². The molecular weight excluding hydrogens is 268 g/mol. The van der Waals surface area contributed by atoms with Crippen molar-refractivity contribution in [1.29, 1.82) is 0 Å². The van der Waals surface area contributed by atoms with E-state index in [0.29, 0.717) is 25.0 Å². The molecule has 1 heterocycles. The molecule has 3 N–H and O–H groups in total. The van der Waals surface area contributed by atoms with Gasteiger partial charge in [0.05, 0.1) is 17.1 Å². The molecule has 2 aliphatic rings. The third kappa shape index (κ3) is 1.69. The average Bonchev–Trinajstić information content (AvgIpc) is 2.83. The first-order chi connectivity index (χ1) is 9.89. The highest BCUT2D eigenvalue weighted by Crippen LogP contribution is 2.59. The number of aliphatic hydroxyl groups excluding tert-OH is 1. The van der Waals surface area contributed by atoms with Crippen molar-refractivity contribution < 1.29 is 20.1 Å². The lowest BCUT2D eigenvalue weighted by Crippen LogP contribution is -2.63. The van der Waals surface area contributed by atoms with Crippen LogP contribution in [0.25, 0.3) is 0 Å². The lowest BCUT2D eigenvalue weighted by Gasteiger charge is -2.51. The predicted molar refractivity (Wildman–Crippen MR) is 79.7 cm³/mol. The lowest BCUT2D eigenvalue weighted by molar-refractivity contribution is -0.138. The van der Waals surface area contributed by atoms with Crippen LogP contribution < -0.4 is 4.74 Å². The van der Waals surface area contributed by atoms with E-state index >= 15 is 0 Å². The molecule has 1 aliphatic carbocycles. The monoisotopic (exact) mass is 292 g/mol. The smallest absolute Gasteiger partial charge is 0.165 e. The summed E-state index contributed by atoms with van der Waals surface area (Å²) < 4.78 is 5.97. The summed E-state index contributed by atoms with van der Waals surface area (Å²) in [5, 5.41) is 31.7. The zero-order chi connectivity index (χ0) is 15.4. The second-order valence-electron chi connectivity index (χ2n) is 6.54. The van der Waals surface area contributed by atoms with Gasteiger partial charge in [-0.3, -0.25) is 0 Å². The van der Waals surface area contributed by atoms with E-state index in [4.69, 9.17) is 4.74 Å². The molecule has 3 rings (SSSR count). The maximum absolute atomic E-state index is 11.1. The van der Waals surface area contributed by atoms with E-state index in [1.807, 2.05) is 19.9 Å². The van der Waals surface area contributed by atoms with Crippen molar-refractivity contribution >= 4 is 0 Å². The number of aromatic hydroxyl groups is 1. The highest BCUT2D eigenvalue weighted by Gasteiger charge is 2.63. The van der Waals surface area contributed by atoms with E-state index < -0.39 is 23.2 Å². The molecule has 1 saturated carbocycles. The Morgan fingerprint density at radius 2 is 2.05 bits per heavy atom. The number of aliphatic hydroxyl groups is 2. The molecule has 0 bridgehead atoms. The summed E-state index contributed by atoms with van der Waals surface area (Å²) in [5.74, 6) is 0.537. The minimum atomic E-state index is -0.964. The van der Waals surface area contributed by atoms with Gasteiger partial charge in [-0.15, -0.1) is 0 Å². The summed E-state index contributed by atoms with van der Waals surface area (Å²) in [6.07, 6.45) is 1.37. The SMILES string of the molecule is CCc1ccc(O)c2c1[C@@]1(CC)[C@@H](O2)C(O)CCC1(C)O. The van der Waals surface area contributed by atoms with Gasteiger partial charge in [0.2, 0.25) is 0 Å². The van der Waals surface area contributed by atoms with Crippen molar-refractivity contribution in [2.45, 2.75) is 69.7 Å². The summed E-state index contributed by atoms with van der Waals surface area (Å²) in [6, 6.07) is 3.54. The van der Waals surface area contributed by atoms with E-state index in [-0.39, 0.29) is 5.75 Å². The van der Waals surface area contributed by atoms with Gasteiger partial charge in [0.1, 0.15) is 6.10 Å². The van der Waals surface area contributed by atoms with Crippen LogP contribution >= 0.6 is 0 Å². The minimum absolute atomic E-state index is 0.0902. The summed E-state index contributed by atoms with van der Waals surface area (Å²) in [4.78, 5) is 0. The molecule has 21 heavy (non-hydrogen) atoms. The van der Waals surface area contributed by atoms with Gasteiger partial charge in [0.15, 0.2) is 11.5 Å². The lowest BCUT2D eigenvalue weighted by atomic mass is 9.57. The number of phenolic OH excluding ortho intramolecular Hbond substituents is 1. The highest BCUT2D eigenvalue weighted by atomic mass is 16.5. The predicted octanol–water partition coefficient (Wildman–Crippen LogP) is 2.27. The molecule has 1 aliphatic heterocycles. The van der Waals surface area contributed by atoms with Crippen LogP contribution in [0, 0.1) is 0 Å². The molecule has 4 nitrogen and oxygen atoms in total. The molecule has 1 fully saturated rings. The highest BCUT2D eigenvalue weighted by molar-refractivity contribution is 5.59. The summed E-state index contributed by atoms with van der Waals surface area (Å²) in [6.45, 7) is 5.90. The Balaban J connectivity index is 2.31. The number of ether oxygens (including phenoxy) is 1. The van der Waals surface area contributed by atoms with Crippen molar-refractivity contribution in [1.82, 2.24) is 0 Å². The topological polar surface area (TPSA) is 69.9 Å². The Hall–Kier alpha value is -1.26. The summed E-state index contributed by atoms with van der Waals surface area (Å²) >= 11 is 0. The van der Waals surface area contributed by atoms with Gasteiger partial charge >= 0.3 is 0 Å². The molecule has 1 aromatic carbocycles. The van der Waals surface area contributed by atoms with E-state index in [0.717, 1.165) is 17.5 Å². The normalized spacial score (nSPS) is 37.8. The van der Waals surface area contributed by atoms with Crippen LogP contribution in [-0.4, -0.2) is 33.1 Å². The first-order valence-corrected chi connectivity index (χ1v) is 7.81. The first kappa shape index (κ1) is 14.7. The number of hydrogen-bond donors (Lipinski definition) is 3. The molecule has 116 valence electrons. The molecule has 0 saturated heterocycles. The average molecular weight is 292 g/mol. The van der Waals surface area contributed by atoms with Crippen molar-refractivity contribution in [2.75, 3.05) is 0 Å². The fraction of sp³-hybridized carbons (Fsp3) is 0.647. The van der Waals surface area contributed by atoms with E-state index in [9.17, 15) is 15.3 Å². The minimum Gasteiger partial charge on any atom is -0.504 e. The Morgan fingerprint density at radius 3 is 2.67 bits per heavy atom. The van der Waals surface area contributed by atoms with Gasteiger partial charge in [-0.1, -0.05) is 19.9 Å².